The first kappa shape index (κ1) is 11.7. The quantitative estimate of drug-likeness (QED) is 0.769. The Morgan fingerprint density at radius 3 is 2.67 bits per heavy atom. The number of amides is 1. The number of rotatable bonds is 5. The summed E-state index contributed by atoms with van der Waals surface area (Å²) in [6, 6.07) is 3.75. The Balaban J connectivity index is 2.88. The maximum absolute atomic E-state index is 10.9. The molecular weight excluding hydrogens is 212 g/mol. The first-order valence-electron chi connectivity index (χ1n) is 4.64. The Hall–Kier alpha value is -1.36. The molecule has 1 aromatic rings. The molecule has 5 heteroatoms. The van der Waals surface area contributed by atoms with Crippen LogP contribution in [-0.2, 0) is 4.79 Å². The van der Waals surface area contributed by atoms with Crippen molar-refractivity contribution in [1.29, 1.82) is 0 Å². The number of thiophene rings is 1. The number of carbonyl (C=O) groups is 2. The van der Waals surface area contributed by atoms with Crippen LogP contribution in [0.1, 0.15) is 23.5 Å². The average molecular weight is 226 g/mol. The lowest BCUT2D eigenvalue weighted by molar-refractivity contribution is -0.116. The largest absolute Gasteiger partial charge is 0.368 e. The molecule has 0 atom stereocenters. The van der Waals surface area contributed by atoms with E-state index in [1.165, 1.54) is 11.3 Å². The normalized spacial score (nSPS) is 10.3. The fourth-order valence-corrected chi connectivity index (χ4v) is 2.20. The second-order valence-electron chi connectivity index (χ2n) is 3.48. The molecule has 0 spiro atoms. The van der Waals surface area contributed by atoms with E-state index in [2.05, 4.69) is 0 Å². The Morgan fingerprint density at radius 1 is 1.60 bits per heavy atom. The van der Waals surface area contributed by atoms with Crippen molar-refractivity contribution in [2.75, 3.05) is 11.4 Å². The number of hydrogen-bond acceptors (Lipinski definition) is 4. The van der Waals surface area contributed by atoms with E-state index >= 15 is 0 Å². The first-order chi connectivity index (χ1) is 7.04. The fraction of sp³-hybridized carbons (Fsp3) is 0.400. The third kappa shape index (κ3) is 3.06. The van der Waals surface area contributed by atoms with Crippen LogP contribution in [0.25, 0.3) is 0 Å². The van der Waals surface area contributed by atoms with E-state index in [-0.39, 0.29) is 18.5 Å². The molecule has 15 heavy (non-hydrogen) atoms. The van der Waals surface area contributed by atoms with E-state index in [1.807, 2.05) is 24.8 Å². The summed E-state index contributed by atoms with van der Waals surface area (Å²) < 4.78 is 0. The number of nitrogens with zero attached hydrogens (tertiary/aromatic N) is 1. The minimum atomic E-state index is -0.371. The molecule has 1 rings (SSSR count). The van der Waals surface area contributed by atoms with Gasteiger partial charge in [0, 0.05) is 6.04 Å². The number of primary amides is 1. The van der Waals surface area contributed by atoms with Crippen molar-refractivity contribution < 1.29 is 9.59 Å². The highest BCUT2D eigenvalue weighted by molar-refractivity contribution is 7.17. The number of anilines is 1. The molecule has 4 nitrogen and oxygen atoms in total. The molecule has 1 aromatic heterocycles. The maximum Gasteiger partial charge on any atom is 0.236 e. The molecule has 0 unspecified atom stereocenters. The first-order valence-corrected chi connectivity index (χ1v) is 5.46. The summed E-state index contributed by atoms with van der Waals surface area (Å²) in [5.41, 5.74) is 5.16. The van der Waals surface area contributed by atoms with E-state index in [4.69, 9.17) is 5.73 Å². The molecule has 0 saturated heterocycles. The minimum absolute atomic E-state index is 0.177. The van der Waals surface area contributed by atoms with Crippen molar-refractivity contribution in [3.8, 4) is 0 Å². The van der Waals surface area contributed by atoms with Gasteiger partial charge in [-0.05, 0) is 26.0 Å². The van der Waals surface area contributed by atoms with Gasteiger partial charge in [-0.15, -0.1) is 11.3 Å². The van der Waals surface area contributed by atoms with Gasteiger partial charge in [0.05, 0.1) is 16.4 Å². The summed E-state index contributed by atoms with van der Waals surface area (Å²) >= 11 is 1.36. The molecule has 0 aliphatic heterocycles. The Bertz CT molecular complexity index is 360. The molecule has 1 amide bonds. The van der Waals surface area contributed by atoms with E-state index in [1.54, 1.807) is 6.07 Å². The van der Waals surface area contributed by atoms with Crippen LogP contribution in [0, 0.1) is 0 Å². The highest BCUT2D eigenvalue weighted by atomic mass is 32.1. The predicted octanol–water partition coefficient (Wildman–Crippen LogP) is 1.26. The van der Waals surface area contributed by atoms with Gasteiger partial charge < -0.3 is 10.6 Å². The smallest absolute Gasteiger partial charge is 0.236 e. The van der Waals surface area contributed by atoms with Crippen molar-refractivity contribution in [2.45, 2.75) is 19.9 Å². The zero-order valence-corrected chi connectivity index (χ0v) is 9.58. The SMILES string of the molecule is CC(C)N(CC(N)=O)c1ccc(C=O)s1. The molecule has 0 saturated carbocycles. The van der Waals surface area contributed by atoms with Gasteiger partial charge in [0.2, 0.25) is 5.91 Å². The summed E-state index contributed by atoms with van der Waals surface area (Å²) in [5.74, 6) is -0.371. The summed E-state index contributed by atoms with van der Waals surface area (Å²) in [4.78, 5) is 23.9. The van der Waals surface area contributed by atoms with E-state index in [0.717, 1.165) is 11.3 Å². The molecule has 0 radical (unpaired) electrons. The van der Waals surface area contributed by atoms with Gasteiger partial charge in [-0.25, -0.2) is 0 Å². The fourth-order valence-electron chi connectivity index (χ4n) is 1.24. The molecular formula is C10H14N2O2S. The lowest BCUT2D eigenvalue weighted by atomic mass is 10.3. The number of hydrogen-bond donors (Lipinski definition) is 1. The zero-order chi connectivity index (χ0) is 11.4. The van der Waals surface area contributed by atoms with Crippen molar-refractivity contribution in [3.05, 3.63) is 17.0 Å². The van der Waals surface area contributed by atoms with Crippen molar-refractivity contribution in [1.82, 2.24) is 0 Å². The highest BCUT2D eigenvalue weighted by Crippen LogP contribution is 2.26. The Kier molecular flexibility index (Phi) is 3.85. The van der Waals surface area contributed by atoms with Crippen LogP contribution < -0.4 is 10.6 Å². The molecule has 0 aliphatic carbocycles. The maximum atomic E-state index is 10.9. The standard InChI is InChI=1S/C10H14N2O2S/c1-7(2)12(5-9(11)14)10-4-3-8(6-13)15-10/h3-4,6-7H,5H2,1-2H3,(H2,11,14). The van der Waals surface area contributed by atoms with Crippen LogP contribution >= 0.6 is 11.3 Å². The van der Waals surface area contributed by atoms with E-state index in [0.29, 0.717) is 4.88 Å². The lowest BCUT2D eigenvalue weighted by Crippen LogP contribution is -2.38. The summed E-state index contributed by atoms with van der Waals surface area (Å²) in [5, 5.41) is 0.894. The molecule has 2 N–H and O–H groups in total. The number of aldehydes is 1. The lowest BCUT2D eigenvalue weighted by Gasteiger charge is -2.25. The molecule has 1 heterocycles. The zero-order valence-electron chi connectivity index (χ0n) is 8.77. The van der Waals surface area contributed by atoms with Gasteiger partial charge in [0.25, 0.3) is 0 Å². The summed E-state index contributed by atoms with van der Waals surface area (Å²) in [6.07, 6.45) is 0.803. The van der Waals surface area contributed by atoms with Crippen LogP contribution in [0.5, 0.6) is 0 Å². The number of nitrogens with two attached hydrogens (primary N) is 1. The summed E-state index contributed by atoms with van der Waals surface area (Å²) in [6.45, 7) is 4.13. The van der Waals surface area contributed by atoms with Gasteiger partial charge in [-0.1, -0.05) is 0 Å². The van der Waals surface area contributed by atoms with E-state index in [9.17, 15) is 9.59 Å². The van der Waals surface area contributed by atoms with Gasteiger partial charge in [0.15, 0.2) is 6.29 Å². The molecule has 0 aliphatic rings. The van der Waals surface area contributed by atoms with Gasteiger partial charge in [-0.2, -0.15) is 0 Å². The third-order valence-corrected chi connectivity index (χ3v) is 3.01. The monoisotopic (exact) mass is 226 g/mol. The van der Waals surface area contributed by atoms with Gasteiger partial charge >= 0.3 is 0 Å². The van der Waals surface area contributed by atoms with Gasteiger partial charge in [-0.3, -0.25) is 9.59 Å². The molecule has 0 fully saturated rings. The molecule has 0 bridgehead atoms. The predicted molar refractivity (Wildman–Crippen MR) is 61.4 cm³/mol. The van der Waals surface area contributed by atoms with Crippen LogP contribution in [0.3, 0.4) is 0 Å². The van der Waals surface area contributed by atoms with Gasteiger partial charge in [0.1, 0.15) is 0 Å². The second kappa shape index (κ2) is 4.93. The summed E-state index contributed by atoms with van der Waals surface area (Å²) in [7, 11) is 0. The van der Waals surface area contributed by atoms with Crippen LogP contribution in [0.2, 0.25) is 0 Å². The molecule has 0 aromatic carbocycles. The Morgan fingerprint density at radius 2 is 2.27 bits per heavy atom. The molecule has 82 valence electrons. The van der Waals surface area contributed by atoms with Crippen molar-refractivity contribution in [2.24, 2.45) is 5.73 Å². The average Bonchev–Trinajstić information content (AvgIpc) is 2.61. The van der Waals surface area contributed by atoms with Crippen molar-refractivity contribution >= 4 is 28.5 Å². The van der Waals surface area contributed by atoms with Crippen molar-refractivity contribution in [3.63, 3.8) is 0 Å². The third-order valence-electron chi connectivity index (χ3n) is 1.96. The minimum Gasteiger partial charge on any atom is -0.368 e. The van der Waals surface area contributed by atoms with Crippen LogP contribution in [0.15, 0.2) is 12.1 Å². The highest BCUT2D eigenvalue weighted by Gasteiger charge is 2.14. The topological polar surface area (TPSA) is 63.4 Å². The van der Waals surface area contributed by atoms with Crippen LogP contribution in [-0.4, -0.2) is 24.8 Å². The number of carbonyl (C=O) groups excluding carboxylic acids is 2. The second-order valence-corrected chi connectivity index (χ2v) is 4.58. The van der Waals surface area contributed by atoms with E-state index < -0.39 is 0 Å². The van der Waals surface area contributed by atoms with Crippen LogP contribution in [0.4, 0.5) is 5.00 Å². The Labute approximate surface area is 92.7 Å².